The third-order valence-corrected chi connectivity index (χ3v) is 6.04. The molecule has 1 unspecified atom stereocenters. The van der Waals surface area contributed by atoms with Gasteiger partial charge in [-0.15, -0.1) is 0 Å². The number of halogens is 1. The van der Waals surface area contributed by atoms with E-state index in [1.54, 1.807) is 30.3 Å². The number of nitrogens with zero attached hydrogens (tertiary/aromatic N) is 2. The molecular weight excluding hydrogens is 458 g/mol. The van der Waals surface area contributed by atoms with Gasteiger partial charge in [0.05, 0.1) is 11.4 Å². The Balaban J connectivity index is 1.64. The van der Waals surface area contributed by atoms with Crippen molar-refractivity contribution in [2.45, 2.75) is 32.2 Å². The Bertz CT molecular complexity index is 1080. The number of hydrogen-bond donors (Lipinski definition) is 3. The zero-order valence-corrected chi connectivity index (χ0v) is 19.9. The normalized spacial score (nSPS) is 15.7. The number of carbonyl (C=O) groups is 4. The van der Waals surface area contributed by atoms with E-state index in [2.05, 4.69) is 16.0 Å². The van der Waals surface area contributed by atoms with E-state index in [-0.39, 0.29) is 18.4 Å². The van der Waals surface area contributed by atoms with Crippen molar-refractivity contribution >= 4 is 52.9 Å². The van der Waals surface area contributed by atoms with Crippen LogP contribution in [-0.4, -0.2) is 50.4 Å². The number of imide groups is 1. The van der Waals surface area contributed by atoms with Crippen LogP contribution < -0.4 is 25.8 Å². The Morgan fingerprint density at radius 2 is 1.94 bits per heavy atom. The summed E-state index contributed by atoms with van der Waals surface area (Å²) < 4.78 is 0. The Morgan fingerprint density at radius 1 is 1.21 bits per heavy atom. The summed E-state index contributed by atoms with van der Waals surface area (Å²) in [6, 6.07) is 11.3. The summed E-state index contributed by atoms with van der Waals surface area (Å²) in [6.07, 6.45) is 1.77. The molecule has 34 heavy (non-hydrogen) atoms. The van der Waals surface area contributed by atoms with E-state index in [0.717, 1.165) is 5.56 Å². The first kappa shape index (κ1) is 25.0. The number of nitrogens with one attached hydrogen (secondary N) is 3. The Kier molecular flexibility index (Phi) is 8.48. The van der Waals surface area contributed by atoms with Crippen molar-refractivity contribution in [3.63, 3.8) is 0 Å². The zero-order valence-electron chi connectivity index (χ0n) is 19.1. The van der Waals surface area contributed by atoms with Crippen molar-refractivity contribution in [1.29, 1.82) is 0 Å². The van der Waals surface area contributed by atoms with Gasteiger partial charge in [0.25, 0.3) is 0 Å². The molecule has 3 N–H and O–H groups in total. The van der Waals surface area contributed by atoms with Crippen LogP contribution in [0.25, 0.3) is 0 Å². The fourth-order valence-electron chi connectivity index (χ4n) is 3.79. The molecule has 1 saturated heterocycles. The molecule has 10 heteroatoms. The third-order valence-electron chi connectivity index (χ3n) is 5.62. The summed E-state index contributed by atoms with van der Waals surface area (Å²) >= 11 is 6.02. The van der Waals surface area contributed by atoms with Crippen molar-refractivity contribution in [2.75, 3.05) is 35.3 Å². The summed E-state index contributed by atoms with van der Waals surface area (Å²) in [6.45, 7) is 2.64. The number of para-hydroxylation sites is 2. The second kappa shape index (κ2) is 11.5. The van der Waals surface area contributed by atoms with Gasteiger partial charge in [0.2, 0.25) is 18.2 Å². The van der Waals surface area contributed by atoms with Crippen LogP contribution in [0.4, 0.5) is 21.9 Å². The highest BCUT2D eigenvalue weighted by Gasteiger charge is 2.31. The van der Waals surface area contributed by atoms with Gasteiger partial charge >= 0.3 is 6.03 Å². The van der Waals surface area contributed by atoms with E-state index in [9.17, 15) is 19.2 Å². The molecule has 3 rings (SSSR count). The van der Waals surface area contributed by atoms with Gasteiger partial charge in [0.1, 0.15) is 6.04 Å². The average molecular weight is 486 g/mol. The number of urea groups is 1. The van der Waals surface area contributed by atoms with Gasteiger partial charge in [-0.3, -0.25) is 19.7 Å². The van der Waals surface area contributed by atoms with E-state index in [1.807, 2.05) is 31.0 Å². The highest BCUT2D eigenvalue weighted by Crippen LogP contribution is 2.30. The molecule has 9 nitrogen and oxygen atoms in total. The molecule has 1 fully saturated rings. The number of likely N-dealkylation sites (N-methyl/N-ethyl adjacent to an activating group) is 1. The fourth-order valence-corrected chi connectivity index (χ4v) is 3.91. The Hall–Kier alpha value is -3.59. The summed E-state index contributed by atoms with van der Waals surface area (Å²) in [5, 5.41) is 8.54. The smallest absolute Gasteiger partial charge is 0.319 e. The van der Waals surface area contributed by atoms with Crippen molar-refractivity contribution in [3.8, 4) is 0 Å². The Labute approximate surface area is 203 Å². The van der Waals surface area contributed by atoms with Crippen LogP contribution in [0.3, 0.4) is 0 Å². The largest absolute Gasteiger partial charge is 0.371 e. The molecular formula is C24H28ClN5O4. The van der Waals surface area contributed by atoms with Crippen LogP contribution in [-0.2, 0) is 14.4 Å². The number of anilines is 3. The lowest BCUT2D eigenvalue weighted by Gasteiger charge is -2.31. The summed E-state index contributed by atoms with van der Waals surface area (Å²) in [5.74, 6) is -0.815. The molecule has 2 aromatic rings. The monoisotopic (exact) mass is 485 g/mol. The number of aryl methyl sites for hydroxylation is 1. The number of benzene rings is 2. The van der Waals surface area contributed by atoms with Gasteiger partial charge in [-0.2, -0.15) is 0 Å². The van der Waals surface area contributed by atoms with Gasteiger partial charge in [0, 0.05) is 37.3 Å². The molecule has 180 valence electrons. The topological polar surface area (TPSA) is 111 Å². The van der Waals surface area contributed by atoms with E-state index < -0.39 is 11.9 Å². The fraction of sp³-hybridized carbons (Fsp3) is 0.333. The van der Waals surface area contributed by atoms with E-state index in [4.69, 9.17) is 11.6 Å². The molecule has 0 radical (unpaired) electrons. The molecule has 0 aliphatic carbocycles. The van der Waals surface area contributed by atoms with Gasteiger partial charge in [-0.05, 0) is 55.7 Å². The van der Waals surface area contributed by atoms with Gasteiger partial charge in [-0.1, -0.05) is 23.7 Å². The maximum Gasteiger partial charge on any atom is 0.319 e. The predicted octanol–water partition coefficient (Wildman–Crippen LogP) is 3.06. The zero-order chi connectivity index (χ0) is 24.7. The lowest BCUT2D eigenvalue weighted by atomic mass is 10.1. The number of amides is 5. The third kappa shape index (κ3) is 6.26. The van der Waals surface area contributed by atoms with Crippen LogP contribution in [0.15, 0.2) is 42.5 Å². The SMILES string of the molecule is Cc1cc(NC(=O)NCCN(C)c2ccccc2N(C=O)C2CCCC(=O)NC2=O)ccc1Cl. The molecule has 1 aliphatic rings. The first-order valence-corrected chi connectivity index (χ1v) is 11.4. The summed E-state index contributed by atoms with van der Waals surface area (Å²) in [7, 11) is 1.83. The molecule has 0 saturated carbocycles. The lowest BCUT2D eigenvalue weighted by molar-refractivity contribution is -0.130. The number of hydrogen-bond acceptors (Lipinski definition) is 5. The summed E-state index contributed by atoms with van der Waals surface area (Å²) in [5.41, 5.74) is 2.77. The van der Waals surface area contributed by atoms with E-state index >= 15 is 0 Å². The molecule has 1 heterocycles. The first-order valence-electron chi connectivity index (χ1n) is 11.0. The molecule has 0 bridgehead atoms. The average Bonchev–Trinajstić information content (AvgIpc) is 2.97. The lowest BCUT2D eigenvalue weighted by Crippen LogP contribution is -2.47. The minimum absolute atomic E-state index is 0.250. The van der Waals surface area contributed by atoms with Crippen LogP contribution in [0.1, 0.15) is 24.8 Å². The highest BCUT2D eigenvalue weighted by atomic mass is 35.5. The van der Waals surface area contributed by atoms with Crippen LogP contribution in [0.2, 0.25) is 5.02 Å². The van der Waals surface area contributed by atoms with Crippen molar-refractivity contribution in [1.82, 2.24) is 10.6 Å². The predicted molar refractivity (Wildman–Crippen MR) is 132 cm³/mol. The van der Waals surface area contributed by atoms with Crippen LogP contribution in [0.5, 0.6) is 0 Å². The van der Waals surface area contributed by atoms with Gasteiger partial charge in [-0.25, -0.2) is 4.79 Å². The van der Waals surface area contributed by atoms with E-state index in [1.165, 1.54) is 4.90 Å². The van der Waals surface area contributed by atoms with Crippen molar-refractivity contribution in [3.05, 3.63) is 53.1 Å². The second-order valence-corrected chi connectivity index (χ2v) is 8.50. The second-order valence-electron chi connectivity index (χ2n) is 8.09. The molecule has 5 amide bonds. The van der Waals surface area contributed by atoms with Gasteiger partial charge in [0.15, 0.2) is 0 Å². The van der Waals surface area contributed by atoms with Crippen molar-refractivity contribution in [2.24, 2.45) is 0 Å². The summed E-state index contributed by atoms with van der Waals surface area (Å²) in [4.78, 5) is 51.7. The maximum atomic E-state index is 12.5. The minimum Gasteiger partial charge on any atom is -0.371 e. The van der Waals surface area contributed by atoms with Crippen molar-refractivity contribution < 1.29 is 19.2 Å². The number of rotatable bonds is 8. The molecule has 0 spiro atoms. The molecule has 1 aliphatic heterocycles. The van der Waals surface area contributed by atoms with Crippen LogP contribution >= 0.6 is 11.6 Å². The Morgan fingerprint density at radius 3 is 2.65 bits per heavy atom. The highest BCUT2D eigenvalue weighted by molar-refractivity contribution is 6.31. The van der Waals surface area contributed by atoms with Gasteiger partial charge < -0.3 is 20.4 Å². The molecule has 2 aromatic carbocycles. The standard InChI is InChI=1S/C24H28ClN5O4/c1-16-14-17(10-11-18(16)25)27-24(34)26-12-13-29(2)19-6-3-4-7-20(19)30(15-31)21-8-5-9-22(32)28-23(21)33/h3-4,6-7,10-11,14-15,21H,5,8-9,12-13H2,1-2H3,(H2,26,27,34)(H,28,32,33). The quantitative estimate of drug-likeness (QED) is 0.393. The molecule has 1 atom stereocenters. The number of carbonyl (C=O) groups excluding carboxylic acids is 4. The van der Waals surface area contributed by atoms with E-state index in [0.29, 0.717) is 54.4 Å². The maximum absolute atomic E-state index is 12.5. The van der Waals surface area contributed by atoms with Crippen LogP contribution in [0, 0.1) is 6.92 Å². The first-order chi connectivity index (χ1) is 16.3. The molecule has 0 aromatic heterocycles. The minimum atomic E-state index is -0.773.